The predicted molar refractivity (Wildman–Crippen MR) is 188 cm³/mol. The van der Waals surface area contributed by atoms with Gasteiger partial charge < -0.3 is 0 Å². The molecule has 9 aromatic rings. The van der Waals surface area contributed by atoms with E-state index in [1.54, 1.807) is 0 Å². The molecular formula is C41H24N6. The van der Waals surface area contributed by atoms with Crippen molar-refractivity contribution >= 4 is 43.4 Å². The lowest BCUT2D eigenvalue weighted by Crippen LogP contribution is -1.99. The average molecular weight is 601 g/mol. The van der Waals surface area contributed by atoms with Gasteiger partial charge >= 0.3 is 0 Å². The zero-order chi connectivity index (χ0) is 31.3. The van der Waals surface area contributed by atoms with Gasteiger partial charge in [0.25, 0.3) is 0 Å². The quantitative estimate of drug-likeness (QED) is 0.188. The SMILES string of the molecule is N#Cc1c2ccccc2c(-c2cccc(-c3cccc(-c4cccc(-n5c6ccccc6c6ccncc65)n4)n3)n2)c2ccccc12. The number of benzene rings is 4. The molecule has 0 aliphatic heterocycles. The third-order valence-electron chi connectivity index (χ3n) is 8.76. The summed E-state index contributed by atoms with van der Waals surface area (Å²) in [6.45, 7) is 0. The van der Waals surface area contributed by atoms with E-state index in [4.69, 9.17) is 15.0 Å². The molecule has 5 heterocycles. The van der Waals surface area contributed by atoms with E-state index in [9.17, 15) is 5.26 Å². The standard InChI is InChI=1S/C41H24N6/c42-24-32-26-10-1-3-13-30(26)41(31-14-4-2-11-27(31)32)37-19-8-17-34(45-37)33-15-7-16-35(44-33)36-18-9-21-40(46-36)47-38-20-6-5-12-28(38)29-22-23-43-25-39(29)47/h1-23,25H. The van der Waals surface area contributed by atoms with Gasteiger partial charge in [0.15, 0.2) is 0 Å². The first-order valence-corrected chi connectivity index (χ1v) is 15.4. The Bertz CT molecular complexity index is 2610. The summed E-state index contributed by atoms with van der Waals surface area (Å²) in [5, 5.41) is 16.2. The lowest BCUT2D eigenvalue weighted by molar-refractivity contribution is 1.07. The molecule has 5 aromatic heterocycles. The molecule has 0 aliphatic carbocycles. The zero-order valence-electron chi connectivity index (χ0n) is 25.0. The largest absolute Gasteiger partial charge is 0.292 e. The van der Waals surface area contributed by atoms with Crippen LogP contribution in [0.2, 0.25) is 0 Å². The minimum absolute atomic E-state index is 0.678. The fraction of sp³-hybridized carbons (Fsp3) is 0. The zero-order valence-corrected chi connectivity index (χ0v) is 25.0. The number of hydrogen-bond acceptors (Lipinski definition) is 5. The fourth-order valence-corrected chi connectivity index (χ4v) is 6.72. The van der Waals surface area contributed by atoms with E-state index in [0.717, 1.165) is 83.2 Å². The van der Waals surface area contributed by atoms with Gasteiger partial charge in [0.1, 0.15) is 11.9 Å². The van der Waals surface area contributed by atoms with Gasteiger partial charge in [-0.1, -0.05) is 84.9 Å². The highest BCUT2D eigenvalue weighted by atomic mass is 15.1. The fourth-order valence-electron chi connectivity index (χ4n) is 6.72. The van der Waals surface area contributed by atoms with Gasteiger partial charge in [0.05, 0.1) is 51.3 Å². The maximum atomic E-state index is 10.1. The Hall–Kier alpha value is -6.71. The summed E-state index contributed by atoms with van der Waals surface area (Å²) in [4.78, 5) is 19.7. The molecule has 0 unspecified atom stereocenters. The van der Waals surface area contributed by atoms with Crippen LogP contribution in [0.3, 0.4) is 0 Å². The van der Waals surface area contributed by atoms with Gasteiger partial charge in [0, 0.05) is 33.3 Å². The molecule has 218 valence electrons. The molecule has 0 spiro atoms. The van der Waals surface area contributed by atoms with Crippen molar-refractivity contribution in [3.8, 4) is 45.9 Å². The topological polar surface area (TPSA) is 80.3 Å². The van der Waals surface area contributed by atoms with Gasteiger partial charge in [-0.15, -0.1) is 0 Å². The summed E-state index contributed by atoms with van der Waals surface area (Å²) in [5.74, 6) is 0.800. The summed E-state index contributed by atoms with van der Waals surface area (Å²) in [6, 6.07) is 47.0. The van der Waals surface area contributed by atoms with Crippen LogP contribution in [0.5, 0.6) is 0 Å². The molecule has 0 atom stereocenters. The van der Waals surface area contributed by atoms with E-state index >= 15 is 0 Å². The van der Waals surface area contributed by atoms with E-state index in [0.29, 0.717) is 5.56 Å². The number of aromatic nitrogens is 5. The molecule has 0 amide bonds. The van der Waals surface area contributed by atoms with Crippen molar-refractivity contribution in [2.75, 3.05) is 0 Å². The Kier molecular flexibility index (Phi) is 6.09. The van der Waals surface area contributed by atoms with Crippen LogP contribution >= 0.6 is 0 Å². The normalized spacial score (nSPS) is 11.4. The van der Waals surface area contributed by atoms with Crippen LogP contribution in [0.25, 0.3) is 83.2 Å². The average Bonchev–Trinajstić information content (AvgIpc) is 3.48. The van der Waals surface area contributed by atoms with Gasteiger partial charge in [0.2, 0.25) is 0 Å². The van der Waals surface area contributed by atoms with Crippen molar-refractivity contribution in [3.63, 3.8) is 0 Å². The summed E-state index contributed by atoms with van der Waals surface area (Å²) in [5.41, 5.74) is 7.61. The highest BCUT2D eigenvalue weighted by Gasteiger charge is 2.17. The Morgan fingerprint density at radius 2 is 0.957 bits per heavy atom. The molecule has 0 fully saturated rings. The van der Waals surface area contributed by atoms with E-state index in [-0.39, 0.29) is 0 Å². The number of rotatable bonds is 4. The van der Waals surface area contributed by atoms with Crippen molar-refractivity contribution in [1.29, 1.82) is 5.26 Å². The Balaban J connectivity index is 1.17. The molecule has 47 heavy (non-hydrogen) atoms. The first-order chi connectivity index (χ1) is 23.3. The van der Waals surface area contributed by atoms with Crippen LogP contribution in [0, 0.1) is 11.3 Å². The summed E-state index contributed by atoms with van der Waals surface area (Å²) in [6.07, 6.45) is 3.72. The van der Waals surface area contributed by atoms with E-state index < -0.39 is 0 Å². The van der Waals surface area contributed by atoms with Crippen LogP contribution in [0.1, 0.15) is 5.56 Å². The van der Waals surface area contributed by atoms with Crippen LogP contribution in [-0.4, -0.2) is 24.5 Å². The van der Waals surface area contributed by atoms with E-state index in [1.807, 2.05) is 116 Å². The van der Waals surface area contributed by atoms with Crippen molar-refractivity contribution in [2.45, 2.75) is 0 Å². The van der Waals surface area contributed by atoms with Crippen LogP contribution in [0.4, 0.5) is 0 Å². The molecule has 0 saturated heterocycles. The van der Waals surface area contributed by atoms with Gasteiger partial charge in [-0.2, -0.15) is 5.26 Å². The first-order valence-electron chi connectivity index (χ1n) is 15.4. The smallest absolute Gasteiger partial charge is 0.138 e. The molecule has 0 radical (unpaired) electrons. The molecule has 0 aliphatic rings. The number of nitrogens with zero attached hydrogens (tertiary/aromatic N) is 6. The molecule has 6 nitrogen and oxygen atoms in total. The van der Waals surface area contributed by atoms with Gasteiger partial charge in [-0.05, 0) is 59.3 Å². The summed E-state index contributed by atoms with van der Waals surface area (Å²) < 4.78 is 2.16. The van der Waals surface area contributed by atoms with Crippen molar-refractivity contribution < 1.29 is 0 Å². The van der Waals surface area contributed by atoms with E-state index in [2.05, 4.69) is 46.0 Å². The van der Waals surface area contributed by atoms with Crippen molar-refractivity contribution in [2.24, 2.45) is 0 Å². The number of fused-ring (bicyclic) bond motifs is 5. The Labute approximate surface area is 269 Å². The van der Waals surface area contributed by atoms with Crippen LogP contribution in [0.15, 0.2) is 146 Å². The second-order valence-corrected chi connectivity index (χ2v) is 11.4. The lowest BCUT2D eigenvalue weighted by Gasteiger charge is -2.14. The lowest BCUT2D eigenvalue weighted by atomic mass is 9.90. The number of para-hydroxylation sites is 1. The first kappa shape index (κ1) is 26.7. The monoisotopic (exact) mass is 600 g/mol. The van der Waals surface area contributed by atoms with Crippen LogP contribution < -0.4 is 0 Å². The minimum Gasteiger partial charge on any atom is -0.292 e. The third kappa shape index (κ3) is 4.26. The molecule has 9 rings (SSSR count). The van der Waals surface area contributed by atoms with Crippen molar-refractivity contribution in [3.05, 3.63) is 151 Å². The minimum atomic E-state index is 0.678. The molecule has 0 saturated carbocycles. The van der Waals surface area contributed by atoms with Crippen LogP contribution in [-0.2, 0) is 0 Å². The Morgan fingerprint density at radius 3 is 1.62 bits per heavy atom. The van der Waals surface area contributed by atoms with E-state index in [1.165, 1.54) is 0 Å². The maximum Gasteiger partial charge on any atom is 0.138 e. The molecule has 6 heteroatoms. The predicted octanol–water partition coefficient (Wildman–Crippen LogP) is 9.54. The molecular weight excluding hydrogens is 576 g/mol. The summed E-state index contributed by atoms with van der Waals surface area (Å²) >= 11 is 0. The van der Waals surface area contributed by atoms with Gasteiger partial charge in [-0.3, -0.25) is 9.55 Å². The highest BCUT2D eigenvalue weighted by Crippen LogP contribution is 2.39. The molecule has 4 aromatic carbocycles. The Morgan fingerprint density at radius 1 is 0.447 bits per heavy atom. The number of hydrogen-bond donors (Lipinski definition) is 0. The van der Waals surface area contributed by atoms with Gasteiger partial charge in [-0.25, -0.2) is 15.0 Å². The number of nitriles is 1. The third-order valence-corrected chi connectivity index (χ3v) is 8.76. The summed E-state index contributed by atoms with van der Waals surface area (Å²) in [7, 11) is 0. The maximum absolute atomic E-state index is 10.1. The molecule has 0 N–H and O–H groups in total. The highest BCUT2D eigenvalue weighted by molar-refractivity contribution is 6.15. The van der Waals surface area contributed by atoms with Crippen molar-refractivity contribution in [1.82, 2.24) is 24.5 Å². The number of pyridine rings is 4. The second kappa shape index (κ2) is 10.7. The molecule has 0 bridgehead atoms. The second-order valence-electron chi connectivity index (χ2n) is 11.4.